The van der Waals surface area contributed by atoms with Crippen LogP contribution in [0.2, 0.25) is 5.02 Å². The smallest absolute Gasteiger partial charge is 0.316 e. The van der Waals surface area contributed by atoms with E-state index in [0.29, 0.717) is 17.5 Å². The topological polar surface area (TPSA) is 51.9 Å². The van der Waals surface area contributed by atoms with E-state index in [2.05, 4.69) is 10.3 Å². The molecule has 0 aliphatic carbocycles. The highest BCUT2D eigenvalue weighted by Crippen LogP contribution is 2.19. The minimum atomic E-state index is -0.211. The molecule has 6 heteroatoms. The van der Waals surface area contributed by atoms with Gasteiger partial charge in [0.2, 0.25) is 0 Å². The van der Waals surface area contributed by atoms with Gasteiger partial charge in [0.05, 0.1) is 5.69 Å². The molecule has 1 fully saturated rings. The average Bonchev–Trinajstić information content (AvgIpc) is 3.09. The lowest BCUT2D eigenvalue weighted by molar-refractivity contribution is 0.430. The fraction of sp³-hybridized carbons (Fsp3) is 0.467. The summed E-state index contributed by atoms with van der Waals surface area (Å²) >= 11 is 6.17. The summed E-state index contributed by atoms with van der Waals surface area (Å²) in [6, 6.07) is 5.77. The van der Waals surface area contributed by atoms with Crippen LogP contribution in [0.25, 0.3) is 5.69 Å². The number of hydrogen-bond donors (Lipinski definition) is 1. The molecule has 3 rings (SSSR count). The first-order valence-corrected chi connectivity index (χ1v) is 7.64. The SMILES string of the molecule is Cc1ccc(-n2cnc(=O)n2CCC2CCNC2)cc1Cl. The molecule has 5 nitrogen and oxygen atoms in total. The van der Waals surface area contributed by atoms with E-state index in [1.165, 1.54) is 6.42 Å². The highest BCUT2D eigenvalue weighted by atomic mass is 35.5. The van der Waals surface area contributed by atoms with Gasteiger partial charge < -0.3 is 5.32 Å². The monoisotopic (exact) mass is 306 g/mol. The Balaban J connectivity index is 1.85. The molecule has 1 saturated heterocycles. The molecule has 1 aliphatic heterocycles. The van der Waals surface area contributed by atoms with Crippen molar-refractivity contribution in [3.05, 3.63) is 45.6 Å². The molecule has 0 saturated carbocycles. The van der Waals surface area contributed by atoms with Gasteiger partial charge in [-0.25, -0.2) is 14.2 Å². The third-order valence-electron chi connectivity index (χ3n) is 4.09. The van der Waals surface area contributed by atoms with Crippen LogP contribution in [-0.2, 0) is 6.54 Å². The summed E-state index contributed by atoms with van der Waals surface area (Å²) in [5.74, 6) is 0.641. The van der Waals surface area contributed by atoms with Crippen LogP contribution in [0.3, 0.4) is 0 Å². The second-order valence-electron chi connectivity index (χ2n) is 5.58. The van der Waals surface area contributed by atoms with Gasteiger partial charge in [-0.3, -0.25) is 0 Å². The van der Waals surface area contributed by atoms with Crippen molar-refractivity contribution in [1.29, 1.82) is 0 Å². The Labute approximate surface area is 128 Å². The summed E-state index contributed by atoms with van der Waals surface area (Å²) < 4.78 is 3.47. The van der Waals surface area contributed by atoms with Crippen molar-refractivity contribution in [2.45, 2.75) is 26.3 Å². The van der Waals surface area contributed by atoms with Crippen LogP contribution in [0.4, 0.5) is 0 Å². The molecule has 1 unspecified atom stereocenters. The molecule has 0 amide bonds. The summed E-state index contributed by atoms with van der Waals surface area (Å²) in [5.41, 5.74) is 1.67. The Kier molecular flexibility index (Phi) is 4.12. The zero-order valence-electron chi connectivity index (χ0n) is 12.1. The van der Waals surface area contributed by atoms with Crippen LogP contribution in [0.15, 0.2) is 29.3 Å². The molecular formula is C15H19ClN4O. The van der Waals surface area contributed by atoms with Gasteiger partial charge in [-0.05, 0) is 56.5 Å². The second-order valence-corrected chi connectivity index (χ2v) is 5.98. The Hall–Kier alpha value is -1.59. The molecule has 21 heavy (non-hydrogen) atoms. The highest BCUT2D eigenvalue weighted by Gasteiger charge is 2.16. The van der Waals surface area contributed by atoms with Gasteiger partial charge in [0.25, 0.3) is 0 Å². The van der Waals surface area contributed by atoms with Gasteiger partial charge in [-0.15, -0.1) is 0 Å². The summed E-state index contributed by atoms with van der Waals surface area (Å²) in [6.07, 6.45) is 3.73. The minimum absolute atomic E-state index is 0.211. The maximum absolute atomic E-state index is 12.0. The molecule has 0 bridgehead atoms. The predicted octanol–water partition coefficient (Wildman–Crippen LogP) is 2.00. The van der Waals surface area contributed by atoms with E-state index >= 15 is 0 Å². The number of rotatable bonds is 4. The summed E-state index contributed by atoms with van der Waals surface area (Å²) in [4.78, 5) is 15.9. The number of benzene rings is 1. The van der Waals surface area contributed by atoms with Crippen LogP contribution in [-0.4, -0.2) is 27.4 Å². The Morgan fingerprint density at radius 2 is 2.33 bits per heavy atom. The zero-order chi connectivity index (χ0) is 14.8. The van der Waals surface area contributed by atoms with Crippen molar-refractivity contribution in [1.82, 2.24) is 19.7 Å². The third-order valence-corrected chi connectivity index (χ3v) is 4.50. The Morgan fingerprint density at radius 3 is 3.05 bits per heavy atom. The third kappa shape index (κ3) is 3.04. The van der Waals surface area contributed by atoms with E-state index in [1.54, 1.807) is 15.7 Å². The first-order valence-electron chi connectivity index (χ1n) is 7.27. The first-order chi connectivity index (χ1) is 10.1. The second kappa shape index (κ2) is 6.03. The molecule has 1 aliphatic rings. The van der Waals surface area contributed by atoms with Crippen LogP contribution >= 0.6 is 11.6 Å². The molecule has 1 N–H and O–H groups in total. The fourth-order valence-corrected chi connectivity index (χ4v) is 2.90. The van der Waals surface area contributed by atoms with Crippen molar-refractivity contribution in [3.63, 3.8) is 0 Å². The average molecular weight is 307 g/mol. The van der Waals surface area contributed by atoms with Crippen molar-refractivity contribution in [2.24, 2.45) is 5.92 Å². The number of aromatic nitrogens is 3. The van der Waals surface area contributed by atoms with Gasteiger partial charge >= 0.3 is 5.69 Å². The van der Waals surface area contributed by atoms with Crippen molar-refractivity contribution < 1.29 is 0 Å². The number of aryl methyl sites for hydroxylation is 1. The standard InChI is InChI=1S/C15H19ClN4O/c1-11-2-3-13(8-14(11)16)20-10-18-15(21)19(20)7-5-12-4-6-17-9-12/h2-3,8,10,12,17H,4-7,9H2,1H3. The predicted molar refractivity (Wildman–Crippen MR) is 83.2 cm³/mol. The molecule has 1 aromatic heterocycles. The van der Waals surface area contributed by atoms with Gasteiger partial charge in [-0.2, -0.15) is 4.98 Å². The summed E-state index contributed by atoms with van der Waals surface area (Å²) in [7, 11) is 0. The number of nitrogens with one attached hydrogen (secondary N) is 1. The summed E-state index contributed by atoms with van der Waals surface area (Å²) in [6.45, 7) is 4.75. The lowest BCUT2D eigenvalue weighted by Crippen LogP contribution is -2.24. The number of halogens is 1. The van der Waals surface area contributed by atoms with Gasteiger partial charge in [0, 0.05) is 11.6 Å². The van der Waals surface area contributed by atoms with E-state index in [-0.39, 0.29) is 5.69 Å². The number of hydrogen-bond acceptors (Lipinski definition) is 3. The van der Waals surface area contributed by atoms with E-state index in [1.807, 2.05) is 25.1 Å². The van der Waals surface area contributed by atoms with Crippen molar-refractivity contribution >= 4 is 11.6 Å². The maximum atomic E-state index is 12.0. The molecule has 0 radical (unpaired) electrons. The van der Waals surface area contributed by atoms with Crippen LogP contribution in [0, 0.1) is 12.8 Å². The van der Waals surface area contributed by atoms with Gasteiger partial charge in [0.1, 0.15) is 6.33 Å². The van der Waals surface area contributed by atoms with Gasteiger partial charge in [0.15, 0.2) is 0 Å². The Bertz CT molecular complexity index is 685. The summed E-state index contributed by atoms with van der Waals surface area (Å²) in [5, 5.41) is 4.04. The lowest BCUT2D eigenvalue weighted by atomic mass is 10.1. The molecule has 112 valence electrons. The molecule has 1 atom stereocenters. The van der Waals surface area contributed by atoms with E-state index < -0.39 is 0 Å². The molecule has 2 aromatic rings. The Morgan fingerprint density at radius 1 is 1.48 bits per heavy atom. The van der Waals surface area contributed by atoms with Gasteiger partial charge in [-0.1, -0.05) is 17.7 Å². The van der Waals surface area contributed by atoms with Crippen molar-refractivity contribution in [3.8, 4) is 5.69 Å². The highest BCUT2D eigenvalue weighted by molar-refractivity contribution is 6.31. The lowest BCUT2D eigenvalue weighted by Gasteiger charge is -2.13. The van der Waals surface area contributed by atoms with Crippen molar-refractivity contribution in [2.75, 3.05) is 13.1 Å². The minimum Gasteiger partial charge on any atom is -0.316 e. The van der Waals surface area contributed by atoms with E-state index in [9.17, 15) is 4.79 Å². The van der Waals surface area contributed by atoms with E-state index in [4.69, 9.17) is 11.6 Å². The first kappa shape index (κ1) is 14.4. The van der Waals surface area contributed by atoms with Crippen LogP contribution < -0.4 is 11.0 Å². The largest absolute Gasteiger partial charge is 0.364 e. The molecule has 0 spiro atoms. The quantitative estimate of drug-likeness (QED) is 0.940. The maximum Gasteiger partial charge on any atom is 0.364 e. The zero-order valence-corrected chi connectivity index (χ0v) is 12.8. The molecule has 1 aromatic carbocycles. The van der Waals surface area contributed by atoms with Crippen LogP contribution in [0.5, 0.6) is 0 Å². The fourth-order valence-electron chi connectivity index (χ4n) is 2.72. The molecule has 2 heterocycles. The van der Waals surface area contributed by atoms with E-state index in [0.717, 1.165) is 30.8 Å². The molecular weight excluding hydrogens is 288 g/mol. The number of nitrogens with zero attached hydrogens (tertiary/aromatic N) is 3. The van der Waals surface area contributed by atoms with Crippen LogP contribution in [0.1, 0.15) is 18.4 Å². The normalized spacial score (nSPS) is 18.3.